The van der Waals surface area contributed by atoms with E-state index in [-0.39, 0.29) is 39.3 Å². The molecule has 278 valence electrons. The molecule has 0 aliphatic heterocycles. The molecule has 15 heteroatoms. The van der Waals surface area contributed by atoms with Crippen molar-refractivity contribution in [2.75, 3.05) is 56.9 Å². The fourth-order valence-electron chi connectivity index (χ4n) is 5.97. The van der Waals surface area contributed by atoms with E-state index in [0.717, 1.165) is 11.1 Å². The van der Waals surface area contributed by atoms with Crippen molar-refractivity contribution in [1.29, 1.82) is 0 Å². The molecule has 4 rings (SSSR count). The van der Waals surface area contributed by atoms with Crippen LogP contribution >= 0.6 is 22.7 Å². The number of nitrogens with zero attached hydrogens (tertiary/aromatic N) is 5. The lowest BCUT2D eigenvalue weighted by atomic mass is 9.99. The fourth-order valence-corrected chi connectivity index (χ4v) is 7.35. The number of amides is 2. The third kappa shape index (κ3) is 11.6. The Bertz CT molecular complexity index is 1560. The van der Waals surface area contributed by atoms with Crippen molar-refractivity contribution >= 4 is 56.8 Å². The Balaban J connectivity index is 1.84. The number of thiazole rings is 2. The highest BCUT2D eigenvalue weighted by molar-refractivity contribution is 7.14. The maximum atomic E-state index is 13.6. The van der Waals surface area contributed by atoms with Crippen LogP contribution < -0.4 is 9.80 Å². The molecule has 0 saturated carbocycles. The van der Waals surface area contributed by atoms with Gasteiger partial charge in [-0.25, -0.2) is 9.59 Å². The summed E-state index contributed by atoms with van der Waals surface area (Å²) in [5.74, 6) is -2.01. The van der Waals surface area contributed by atoms with Gasteiger partial charge in [-0.05, 0) is 37.8 Å². The third-order valence-electron chi connectivity index (χ3n) is 8.17. The SMILES string of the molecule is CCOC(=O)CC(CN(C[C@H](Cc1ccccc1)N(C(=O)OC)c1cncs1)C[C@H](Cc1ccccc1)N(C(=O)OC)c1cncs1)C(=O)OCC. The molecule has 4 aromatic rings. The van der Waals surface area contributed by atoms with E-state index in [1.807, 2.05) is 65.6 Å². The zero-order chi connectivity index (χ0) is 37.3. The van der Waals surface area contributed by atoms with E-state index < -0.39 is 42.1 Å². The molecule has 0 aliphatic carbocycles. The minimum absolute atomic E-state index is 0.0453. The van der Waals surface area contributed by atoms with E-state index in [4.69, 9.17) is 18.9 Å². The fraction of sp³-hybridized carbons (Fsp3) is 0.405. The summed E-state index contributed by atoms with van der Waals surface area (Å²) in [7, 11) is 2.64. The number of ether oxygens (including phenoxy) is 4. The van der Waals surface area contributed by atoms with Gasteiger partial charge in [-0.15, -0.1) is 22.7 Å². The molecule has 2 aromatic carbocycles. The van der Waals surface area contributed by atoms with Gasteiger partial charge in [-0.3, -0.25) is 34.3 Å². The van der Waals surface area contributed by atoms with Gasteiger partial charge in [0.2, 0.25) is 0 Å². The molecule has 52 heavy (non-hydrogen) atoms. The van der Waals surface area contributed by atoms with Crippen LogP contribution in [0.2, 0.25) is 0 Å². The van der Waals surface area contributed by atoms with Crippen LogP contribution in [0.5, 0.6) is 0 Å². The molecule has 2 amide bonds. The number of carbonyl (C=O) groups excluding carboxylic acids is 4. The van der Waals surface area contributed by atoms with E-state index in [1.165, 1.54) is 36.9 Å². The van der Waals surface area contributed by atoms with Gasteiger partial charge in [0.05, 0.1) is 75.3 Å². The summed E-state index contributed by atoms with van der Waals surface area (Å²) in [6, 6.07) is 18.3. The van der Waals surface area contributed by atoms with Gasteiger partial charge in [-0.1, -0.05) is 60.7 Å². The molecule has 0 bridgehead atoms. The minimum atomic E-state index is -0.918. The summed E-state index contributed by atoms with van der Waals surface area (Å²) in [6.45, 7) is 4.12. The zero-order valence-electron chi connectivity index (χ0n) is 29.8. The second kappa shape index (κ2) is 20.9. The van der Waals surface area contributed by atoms with Crippen LogP contribution in [0.1, 0.15) is 31.4 Å². The van der Waals surface area contributed by atoms with E-state index in [1.54, 1.807) is 47.1 Å². The average Bonchev–Trinajstić information content (AvgIpc) is 3.88. The van der Waals surface area contributed by atoms with Gasteiger partial charge in [0, 0.05) is 19.6 Å². The smallest absolute Gasteiger partial charge is 0.415 e. The molecule has 0 N–H and O–H groups in total. The maximum absolute atomic E-state index is 13.6. The second-order valence-electron chi connectivity index (χ2n) is 11.7. The van der Waals surface area contributed by atoms with Gasteiger partial charge in [0.25, 0.3) is 0 Å². The Morgan fingerprint density at radius 1 is 0.673 bits per heavy atom. The van der Waals surface area contributed by atoms with Crippen LogP contribution in [0.3, 0.4) is 0 Å². The number of aromatic nitrogens is 2. The lowest BCUT2D eigenvalue weighted by molar-refractivity contribution is -0.155. The first-order valence-electron chi connectivity index (χ1n) is 16.9. The number of rotatable bonds is 19. The van der Waals surface area contributed by atoms with Crippen molar-refractivity contribution in [2.24, 2.45) is 5.92 Å². The number of benzene rings is 2. The lowest BCUT2D eigenvalue weighted by Crippen LogP contribution is -2.54. The van der Waals surface area contributed by atoms with E-state index in [9.17, 15) is 19.2 Å². The Kier molecular flexibility index (Phi) is 16.0. The van der Waals surface area contributed by atoms with E-state index in [2.05, 4.69) is 9.97 Å². The number of methoxy groups -OCH3 is 2. The summed E-state index contributed by atoms with van der Waals surface area (Å²) < 4.78 is 21.3. The first-order valence-corrected chi connectivity index (χ1v) is 18.7. The predicted octanol–water partition coefficient (Wildman–Crippen LogP) is 6.10. The molecule has 3 atom stereocenters. The van der Waals surface area contributed by atoms with Crippen molar-refractivity contribution in [3.05, 3.63) is 95.2 Å². The quantitative estimate of drug-likeness (QED) is 0.0811. The second-order valence-corrected chi connectivity index (χ2v) is 13.5. The molecule has 0 radical (unpaired) electrons. The molecule has 0 spiro atoms. The molecule has 13 nitrogen and oxygen atoms in total. The summed E-state index contributed by atoms with van der Waals surface area (Å²) >= 11 is 2.58. The number of hydrogen-bond donors (Lipinski definition) is 0. The Morgan fingerprint density at radius 2 is 1.13 bits per heavy atom. The molecular weight excluding hydrogens is 707 g/mol. The normalized spacial score (nSPS) is 12.7. The third-order valence-corrected chi connectivity index (χ3v) is 9.71. The van der Waals surface area contributed by atoms with Gasteiger partial charge >= 0.3 is 24.1 Å². The summed E-state index contributed by atoms with van der Waals surface area (Å²) in [4.78, 5) is 67.0. The number of hydrogen-bond acceptors (Lipinski definition) is 13. The summed E-state index contributed by atoms with van der Waals surface area (Å²) in [6.07, 6.45) is 2.64. The molecule has 1 unspecified atom stereocenters. The zero-order valence-corrected chi connectivity index (χ0v) is 31.4. The van der Waals surface area contributed by atoms with Crippen LogP contribution in [0, 0.1) is 5.92 Å². The highest BCUT2D eigenvalue weighted by Crippen LogP contribution is 2.28. The van der Waals surface area contributed by atoms with Crippen molar-refractivity contribution in [2.45, 2.75) is 45.2 Å². The number of anilines is 2. The molecule has 0 aliphatic rings. The first-order chi connectivity index (χ1) is 25.3. The van der Waals surface area contributed by atoms with Crippen molar-refractivity contribution in [3.63, 3.8) is 0 Å². The molecule has 0 fully saturated rings. The van der Waals surface area contributed by atoms with Crippen molar-refractivity contribution < 1.29 is 38.1 Å². The van der Waals surface area contributed by atoms with Gasteiger partial charge in [-0.2, -0.15) is 0 Å². The summed E-state index contributed by atoms with van der Waals surface area (Å²) in [5.41, 5.74) is 5.19. The van der Waals surface area contributed by atoms with E-state index >= 15 is 0 Å². The number of esters is 2. The van der Waals surface area contributed by atoms with Crippen LogP contribution in [-0.4, -0.2) is 98.1 Å². The average molecular weight is 752 g/mol. The molecular formula is C37H45N5O8S2. The van der Waals surface area contributed by atoms with Crippen molar-refractivity contribution in [1.82, 2.24) is 14.9 Å². The Labute approximate surface area is 312 Å². The monoisotopic (exact) mass is 751 g/mol. The Morgan fingerprint density at radius 3 is 1.52 bits per heavy atom. The maximum Gasteiger partial charge on any atom is 0.415 e. The molecule has 2 heterocycles. The topological polar surface area (TPSA) is 141 Å². The van der Waals surface area contributed by atoms with Gasteiger partial charge in [0.1, 0.15) is 10.0 Å². The molecule has 2 aromatic heterocycles. The van der Waals surface area contributed by atoms with Gasteiger partial charge in [0.15, 0.2) is 0 Å². The highest BCUT2D eigenvalue weighted by atomic mass is 32.1. The van der Waals surface area contributed by atoms with Crippen LogP contribution in [0.25, 0.3) is 0 Å². The lowest BCUT2D eigenvalue weighted by Gasteiger charge is -2.38. The van der Waals surface area contributed by atoms with Crippen LogP contribution in [-0.2, 0) is 41.4 Å². The van der Waals surface area contributed by atoms with Gasteiger partial charge < -0.3 is 18.9 Å². The first kappa shape index (κ1) is 39.9. The number of carbonyl (C=O) groups is 4. The molecule has 0 saturated heterocycles. The minimum Gasteiger partial charge on any atom is -0.466 e. The van der Waals surface area contributed by atoms with Crippen molar-refractivity contribution in [3.8, 4) is 0 Å². The highest BCUT2D eigenvalue weighted by Gasteiger charge is 2.36. The standard InChI is InChI=1S/C37H45N5O8S2/c1-5-49-34(43)19-29(35(44)50-6-2)22-40(23-30(17-27-13-9-7-10-14-27)41(36(45)47-3)32-20-38-25-51-32)24-31(18-28-15-11-8-12-16-28)42(37(46)48-4)33-21-39-26-52-33/h7-16,20-21,25-26,29-31H,5-6,17-19,22-24H2,1-4H3/t29?,30-,31-/m0/s1. The van der Waals surface area contributed by atoms with E-state index in [0.29, 0.717) is 22.8 Å². The predicted molar refractivity (Wildman–Crippen MR) is 200 cm³/mol. The Hall–Kier alpha value is -4.86. The summed E-state index contributed by atoms with van der Waals surface area (Å²) in [5, 5.41) is 1.14. The largest absolute Gasteiger partial charge is 0.466 e. The van der Waals surface area contributed by atoms with Crippen LogP contribution in [0.4, 0.5) is 19.6 Å². The van der Waals surface area contributed by atoms with Crippen LogP contribution in [0.15, 0.2) is 84.1 Å².